The molecule has 1 N–H and O–H groups in total. The third-order valence-corrected chi connectivity index (χ3v) is 2.47. The molecule has 1 fully saturated rings. The largest absolute Gasteiger partial charge is 0.343 e. The summed E-state index contributed by atoms with van der Waals surface area (Å²) >= 11 is 0. The first kappa shape index (κ1) is 9.52. The van der Waals surface area contributed by atoms with Gasteiger partial charge in [-0.3, -0.25) is 4.79 Å². The van der Waals surface area contributed by atoms with E-state index in [1.54, 1.807) is 6.92 Å². The number of hydrogen-bond acceptors (Lipinski definition) is 2. The van der Waals surface area contributed by atoms with Gasteiger partial charge >= 0.3 is 0 Å². The van der Waals surface area contributed by atoms with Gasteiger partial charge in [-0.25, -0.2) is 0 Å². The zero-order chi connectivity index (χ0) is 8.97. The van der Waals surface area contributed by atoms with Crippen LogP contribution < -0.4 is 5.32 Å². The summed E-state index contributed by atoms with van der Waals surface area (Å²) in [5.41, 5.74) is 0. The smallest absolute Gasteiger partial charge is 0.219 e. The predicted molar refractivity (Wildman–Crippen MR) is 48.9 cm³/mol. The van der Waals surface area contributed by atoms with Crippen molar-refractivity contribution in [2.24, 2.45) is 5.92 Å². The number of carbonyl (C=O) groups is 1. The van der Waals surface area contributed by atoms with Crippen molar-refractivity contribution in [3.63, 3.8) is 0 Å². The van der Waals surface area contributed by atoms with Gasteiger partial charge in [0, 0.05) is 20.0 Å². The van der Waals surface area contributed by atoms with Crippen molar-refractivity contribution in [1.82, 2.24) is 10.2 Å². The van der Waals surface area contributed by atoms with Gasteiger partial charge in [0.15, 0.2) is 0 Å². The number of nitrogens with one attached hydrogen (secondary N) is 1. The average molecular weight is 170 g/mol. The molecule has 0 saturated carbocycles. The van der Waals surface area contributed by atoms with E-state index in [0.717, 1.165) is 26.2 Å². The van der Waals surface area contributed by atoms with E-state index < -0.39 is 0 Å². The van der Waals surface area contributed by atoms with Crippen LogP contribution in [0.2, 0.25) is 0 Å². The molecule has 0 aromatic carbocycles. The number of carbonyl (C=O) groups excluding carboxylic acids is 1. The second-order valence-corrected chi connectivity index (χ2v) is 3.42. The summed E-state index contributed by atoms with van der Waals surface area (Å²) < 4.78 is 0. The Morgan fingerprint density at radius 1 is 1.67 bits per heavy atom. The van der Waals surface area contributed by atoms with Crippen LogP contribution in [0, 0.1) is 5.92 Å². The highest BCUT2D eigenvalue weighted by molar-refractivity contribution is 5.73. The van der Waals surface area contributed by atoms with Gasteiger partial charge in [-0.2, -0.15) is 0 Å². The minimum absolute atomic E-state index is 0.199. The molecule has 1 saturated heterocycles. The van der Waals surface area contributed by atoms with Crippen molar-refractivity contribution in [3.05, 3.63) is 0 Å². The summed E-state index contributed by atoms with van der Waals surface area (Å²) in [6, 6.07) is 0. The third-order valence-electron chi connectivity index (χ3n) is 2.47. The van der Waals surface area contributed by atoms with Crippen LogP contribution in [0.1, 0.15) is 20.3 Å². The topological polar surface area (TPSA) is 32.3 Å². The fourth-order valence-corrected chi connectivity index (χ4v) is 1.66. The van der Waals surface area contributed by atoms with Gasteiger partial charge in [0.1, 0.15) is 0 Å². The maximum atomic E-state index is 11.1. The van der Waals surface area contributed by atoms with E-state index in [1.165, 1.54) is 6.42 Å². The molecule has 0 spiro atoms. The predicted octanol–water partition coefficient (Wildman–Crippen LogP) is 0.464. The van der Waals surface area contributed by atoms with Crippen molar-refractivity contribution in [2.45, 2.75) is 20.3 Å². The first-order chi connectivity index (χ1) is 5.74. The van der Waals surface area contributed by atoms with E-state index in [-0.39, 0.29) is 5.91 Å². The lowest BCUT2D eigenvalue weighted by molar-refractivity contribution is -0.129. The molecule has 1 atom stereocenters. The lowest BCUT2D eigenvalue weighted by Crippen LogP contribution is -2.34. The molecule has 1 heterocycles. The molecular weight excluding hydrogens is 152 g/mol. The molecule has 1 aliphatic heterocycles. The molecule has 0 aliphatic carbocycles. The van der Waals surface area contributed by atoms with Crippen LogP contribution >= 0.6 is 0 Å². The Kier molecular flexibility index (Phi) is 3.53. The van der Waals surface area contributed by atoms with Gasteiger partial charge < -0.3 is 10.2 Å². The molecule has 12 heavy (non-hydrogen) atoms. The number of amides is 1. The van der Waals surface area contributed by atoms with Gasteiger partial charge in [-0.1, -0.05) is 0 Å². The monoisotopic (exact) mass is 170 g/mol. The highest BCUT2D eigenvalue weighted by Gasteiger charge is 2.18. The van der Waals surface area contributed by atoms with Crippen molar-refractivity contribution < 1.29 is 4.79 Å². The maximum absolute atomic E-state index is 11.1. The quantitative estimate of drug-likeness (QED) is 0.667. The van der Waals surface area contributed by atoms with Crippen molar-refractivity contribution in [3.8, 4) is 0 Å². The normalized spacial score (nSPS) is 22.7. The van der Waals surface area contributed by atoms with E-state index in [9.17, 15) is 4.79 Å². The molecule has 0 unspecified atom stereocenters. The lowest BCUT2D eigenvalue weighted by Gasteiger charge is -2.22. The van der Waals surface area contributed by atoms with Crippen LogP contribution in [0.3, 0.4) is 0 Å². The molecule has 0 aromatic rings. The summed E-state index contributed by atoms with van der Waals surface area (Å²) in [6.07, 6.45) is 1.21. The zero-order valence-corrected chi connectivity index (χ0v) is 7.97. The van der Waals surface area contributed by atoms with Gasteiger partial charge in [0.2, 0.25) is 5.91 Å². The van der Waals surface area contributed by atoms with E-state index in [0.29, 0.717) is 5.92 Å². The lowest BCUT2D eigenvalue weighted by atomic mass is 10.1. The average Bonchev–Trinajstić information content (AvgIpc) is 2.51. The molecular formula is C9H18N2O. The number of nitrogens with zero attached hydrogens (tertiary/aromatic N) is 1. The summed E-state index contributed by atoms with van der Waals surface area (Å²) in [5.74, 6) is 0.873. The SMILES string of the molecule is CCN(C[C@H]1CCNC1)C(C)=O. The van der Waals surface area contributed by atoms with Crippen molar-refractivity contribution in [2.75, 3.05) is 26.2 Å². The van der Waals surface area contributed by atoms with Crippen LogP contribution in [0.15, 0.2) is 0 Å². The summed E-state index contributed by atoms with van der Waals surface area (Å²) in [5, 5.41) is 3.30. The molecule has 1 rings (SSSR count). The van der Waals surface area contributed by atoms with Gasteiger partial charge in [0.25, 0.3) is 0 Å². The maximum Gasteiger partial charge on any atom is 0.219 e. The molecule has 3 heteroatoms. The van der Waals surface area contributed by atoms with Crippen LogP contribution in [-0.2, 0) is 4.79 Å². The molecule has 0 bridgehead atoms. The third kappa shape index (κ3) is 2.48. The fraction of sp³-hybridized carbons (Fsp3) is 0.889. The first-order valence-electron chi connectivity index (χ1n) is 4.70. The van der Waals surface area contributed by atoms with Crippen molar-refractivity contribution >= 4 is 5.91 Å². The van der Waals surface area contributed by atoms with Crippen LogP contribution in [0.5, 0.6) is 0 Å². The molecule has 70 valence electrons. The highest BCUT2D eigenvalue weighted by Crippen LogP contribution is 2.09. The van der Waals surface area contributed by atoms with E-state index >= 15 is 0 Å². The molecule has 1 aliphatic rings. The summed E-state index contributed by atoms with van der Waals surface area (Å²) in [6.45, 7) is 7.63. The number of hydrogen-bond donors (Lipinski definition) is 1. The molecule has 0 aromatic heterocycles. The second-order valence-electron chi connectivity index (χ2n) is 3.42. The van der Waals surface area contributed by atoms with Gasteiger partial charge in [-0.05, 0) is 32.4 Å². The first-order valence-corrected chi connectivity index (χ1v) is 4.70. The van der Waals surface area contributed by atoms with Crippen LogP contribution in [0.4, 0.5) is 0 Å². The van der Waals surface area contributed by atoms with Crippen LogP contribution in [0.25, 0.3) is 0 Å². The van der Waals surface area contributed by atoms with E-state index in [2.05, 4.69) is 5.32 Å². The molecule has 0 radical (unpaired) electrons. The minimum atomic E-state index is 0.199. The van der Waals surface area contributed by atoms with E-state index in [1.807, 2.05) is 11.8 Å². The Bertz CT molecular complexity index is 153. The Morgan fingerprint density at radius 3 is 2.83 bits per heavy atom. The van der Waals surface area contributed by atoms with Crippen LogP contribution in [-0.4, -0.2) is 37.0 Å². The Hall–Kier alpha value is -0.570. The Balaban J connectivity index is 2.30. The van der Waals surface area contributed by atoms with Crippen molar-refractivity contribution in [1.29, 1.82) is 0 Å². The Morgan fingerprint density at radius 2 is 2.42 bits per heavy atom. The standard InChI is InChI=1S/C9H18N2O/c1-3-11(8(2)12)7-9-4-5-10-6-9/h9-10H,3-7H2,1-2H3/t9-/m0/s1. The highest BCUT2D eigenvalue weighted by atomic mass is 16.2. The molecule has 1 amide bonds. The minimum Gasteiger partial charge on any atom is -0.343 e. The summed E-state index contributed by atoms with van der Waals surface area (Å²) in [7, 11) is 0. The Labute approximate surface area is 74.1 Å². The molecule has 3 nitrogen and oxygen atoms in total. The fourth-order valence-electron chi connectivity index (χ4n) is 1.66. The zero-order valence-electron chi connectivity index (χ0n) is 7.97. The van der Waals surface area contributed by atoms with Gasteiger partial charge in [-0.15, -0.1) is 0 Å². The van der Waals surface area contributed by atoms with E-state index in [4.69, 9.17) is 0 Å². The summed E-state index contributed by atoms with van der Waals surface area (Å²) in [4.78, 5) is 13.0. The number of rotatable bonds is 3. The van der Waals surface area contributed by atoms with Gasteiger partial charge in [0.05, 0.1) is 0 Å². The second kappa shape index (κ2) is 4.45.